The number of rotatable bonds is 3. The van der Waals surface area contributed by atoms with Crippen LogP contribution >= 0.6 is 0 Å². The molecule has 0 bridgehead atoms. The van der Waals surface area contributed by atoms with Gasteiger partial charge >= 0.3 is 0 Å². The zero-order chi connectivity index (χ0) is 10.7. The molecule has 3 heteroatoms. The minimum atomic E-state index is -0.254. The van der Waals surface area contributed by atoms with Crippen LogP contribution in [0.2, 0.25) is 0 Å². The molecule has 14 heavy (non-hydrogen) atoms. The van der Waals surface area contributed by atoms with Crippen LogP contribution in [0.3, 0.4) is 0 Å². The number of nitrogens with zero attached hydrogens (tertiary/aromatic N) is 1. The van der Waals surface area contributed by atoms with Crippen LogP contribution in [-0.2, 0) is 0 Å². The SMILES string of the molecule is CC(O)C(C)N(C)C1CCC(N)CC1. The first kappa shape index (κ1) is 12.0. The molecule has 0 aromatic carbocycles. The molecule has 2 unspecified atom stereocenters. The largest absolute Gasteiger partial charge is 0.392 e. The Bertz CT molecular complexity index is 165. The molecule has 2 atom stereocenters. The highest BCUT2D eigenvalue weighted by Gasteiger charge is 2.26. The van der Waals surface area contributed by atoms with Gasteiger partial charge in [0.25, 0.3) is 0 Å². The number of hydrogen-bond acceptors (Lipinski definition) is 3. The highest BCUT2D eigenvalue weighted by molar-refractivity contribution is 4.83. The lowest BCUT2D eigenvalue weighted by atomic mass is 9.90. The van der Waals surface area contributed by atoms with Gasteiger partial charge < -0.3 is 10.8 Å². The second kappa shape index (κ2) is 5.10. The Labute approximate surface area is 87.3 Å². The third-order valence-electron chi connectivity index (χ3n) is 3.66. The summed E-state index contributed by atoms with van der Waals surface area (Å²) in [6.07, 6.45) is 4.35. The molecule has 84 valence electrons. The Morgan fingerprint density at radius 2 is 1.71 bits per heavy atom. The van der Waals surface area contributed by atoms with Gasteiger partial charge in [0.2, 0.25) is 0 Å². The molecule has 0 radical (unpaired) electrons. The molecular formula is C11H24N2O. The van der Waals surface area contributed by atoms with Gasteiger partial charge in [-0.2, -0.15) is 0 Å². The van der Waals surface area contributed by atoms with Crippen molar-refractivity contribution in [2.75, 3.05) is 7.05 Å². The van der Waals surface area contributed by atoms with E-state index >= 15 is 0 Å². The van der Waals surface area contributed by atoms with Gasteiger partial charge in [-0.1, -0.05) is 0 Å². The smallest absolute Gasteiger partial charge is 0.0664 e. The molecule has 0 aliphatic heterocycles. The van der Waals surface area contributed by atoms with Crippen molar-refractivity contribution >= 4 is 0 Å². The van der Waals surface area contributed by atoms with E-state index in [2.05, 4.69) is 18.9 Å². The van der Waals surface area contributed by atoms with E-state index in [4.69, 9.17) is 5.73 Å². The van der Waals surface area contributed by atoms with E-state index < -0.39 is 0 Å². The molecule has 0 heterocycles. The third kappa shape index (κ3) is 2.94. The summed E-state index contributed by atoms with van der Waals surface area (Å²) in [6, 6.07) is 1.26. The quantitative estimate of drug-likeness (QED) is 0.713. The van der Waals surface area contributed by atoms with E-state index in [1.54, 1.807) is 0 Å². The van der Waals surface area contributed by atoms with Crippen LogP contribution in [0.1, 0.15) is 39.5 Å². The Balaban J connectivity index is 2.41. The molecule has 3 nitrogen and oxygen atoms in total. The molecule has 0 amide bonds. The summed E-state index contributed by atoms with van der Waals surface area (Å²) in [6.45, 7) is 3.94. The Kier molecular flexibility index (Phi) is 4.35. The average Bonchev–Trinajstić information content (AvgIpc) is 2.16. The third-order valence-corrected chi connectivity index (χ3v) is 3.66. The van der Waals surface area contributed by atoms with Gasteiger partial charge in [0, 0.05) is 18.1 Å². The number of likely N-dealkylation sites (N-methyl/N-ethyl adjacent to an activating group) is 1. The molecule has 0 aromatic rings. The normalized spacial score (nSPS) is 33.0. The summed E-state index contributed by atoms with van der Waals surface area (Å²) < 4.78 is 0. The lowest BCUT2D eigenvalue weighted by Gasteiger charge is -2.38. The van der Waals surface area contributed by atoms with Crippen LogP contribution in [0, 0.1) is 0 Å². The van der Waals surface area contributed by atoms with Crippen molar-refractivity contribution in [1.29, 1.82) is 0 Å². The van der Waals surface area contributed by atoms with Gasteiger partial charge in [-0.3, -0.25) is 4.90 Å². The van der Waals surface area contributed by atoms with E-state index in [-0.39, 0.29) is 12.1 Å². The molecule has 1 aliphatic rings. The monoisotopic (exact) mass is 200 g/mol. The fourth-order valence-corrected chi connectivity index (χ4v) is 2.18. The van der Waals surface area contributed by atoms with E-state index in [9.17, 15) is 5.11 Å². The van der Waals surface area contributed by atoms with Gasteiger partial charge in [0.15, 0.2) is 0 Å². The minimum Gasteiger partial charge on any atom is -0.392 e. The topological polar surface area (TPSA) is 49.5 Å². The molecule has 0 aromatic heterocycles. The summed E-state index contributed by atoms with van der Waals surface area (Å²) in [5.74, 6) is 0. The fourth-order valence-electron chi connectivity index (χ4n) is 2.18. The first-order chi connectivity index (χ1) is 6.52. The van der Waals surface area contributed by atoms with Gasteiger partial charge in [-0.25, -0.2) is 0 Å². The zero-order valence-electron chi connectivity index (χ0n) is 9.61. The Morgan fingerprint density at radius 1 is 1.21 bits per heavy atom. The van der Waals surface area contributed by atoms with E-state index in [0.29, 0.717) is 12.1 Å². The van der Waals surface area contributed by atoms with Gasteiger partial charge in [0.1, 0.15) is 0 Å². The van der Waals surface area contributed by atoms with Crippen LogP contribution in [0.25, 0.3) is 0 Å². The van der Waals surface area contributed by atoms with E-state index in [1.165, 1.54) is 12.8 Å². The maximum Gasteiger partial charge on any atom is 0.0664 e. The minimum absolute atomic E-state index is 0.245. The lowest BCUT2D eigenvalue weighted by Crippen LogP contribution is -2.46. The summed E-state index contributed by atoms with van der Waals surface area (Å²) in [7, 11) is 2.11. The van der Waals surface area contributed by atoms with Crippen molar-refractivity contribution in [2.45, 2.75) is 63.8 Å². The number of hydrogen-bond donors (Lipinski definition) is 2. The van der Waals surface area contributed by atoms with E-state index in [0.717, 1.165) is 12.8 Å². The van der Waals surface area contributed by atoms with Crippen LogP contribution in [0.5, 0.6) is 0 Å². The Hall–Kier alpha value is -0.120. The van der Waals surface area contributed by atoms with Crippen molar-refractivity contribution in [1.82, 2.24) is 4.90 Å². The summed E-state index contributed by atoms with van der Waals surface area (Å²) in [5.41, 5.74) is 5.87. The molecule has 1 rings (SSSR count). The van der Waals surface area contributed by atoms with Crippen LogP contribution in [0.4, 0.5) is 0 Å². The predicted octanol–water partition coefficient (Wildman–Crippen LogP) is 0.957. The standard InChI is InChI=1S/C11H24N2O/c1-8(9(2)14)13(3)11-6-4-10(12)5-7-11/h8-11,14H,4-7,12H2,1-3H3. The average molecular weight is 200 g/mol. The van der Waals surface area contributed by atoms with Crippen LogP contribution in [-0.4, -0.2) is 41.3 Å². The van der Waals surface area contributed by atoms with Crippen molar-refractivity contribution in [3.05, 3.63) is 0 Å². The lowest BCUT2D eigenvalue weighted by molar-refractivity contribution is 0.0482. The van der Waals surface area contributed by atoms with Crippen molar-refractivity contribution in [3.63, 3.8) is 0 Å². The van der Waals surface area contributed by atoms with Gasteiger partial charge in [0.05, 0.1) is 6.10 Å². The summed E-state index contributed by atoms with van der Waals surface area (Å²) >= 11 is 0. The van der Waals surface area contributed by atoms with Gasteiger partial charge in [-0.05, 0) is 46.6 Å². The van der Waals surface area contributed by atoms with Crippen LogP contribution in [0.15, 0.2) is 0 Å². The summed E-state index contributed by atoms with van der Waals surface area (Å²) in [4.78, 5) is 2.30. The zero-order valence-corrected chi connectivity index (χ0v) is 9.61. The van der Waals surface area contributed by atoms with Gasteiger partial charge in [-0.15, -0.1) is 0 Å². The molecule has 1 fully saturated rings. The molecule has 1 saturated carbocycles. The van der Waals surface area contributed by atoms with Crippen molar-refractivity contribution < 1.29 is 5.11 Å². The van der Waals surface area contributed by atoms with E-state index in [1.807, 2.05) is 6.92 Å². The second-order valence-electron chi connectivity index (χ2n) is 4.72. The van der Waals surface area contributed by atoms with Crippen molar-refractivity contribution in [2.24, 2.45) is 5.73 Å². The highest BCUT2D eigenvalue weighted by Crippen LogP contribution is 2.23. The molecule has 3 N–H and O–H groups in total. The van der Waals surface area contributed by atoms with Crippen molar-refractivity contribution in [3.8, 4) is 0 Å². The predicted molar refractivity (Wildman–Crippen MR) is 59.1 cm³/mol. The fraction of sp³-hybridized carbons (Fsp3) is 1.00. The molecular weight excluding hydrogens is 176 g/mol. The van der Waals surface area contributed by atoms with Crippen LogP contribution < -0.4 is 5.73 Å². The first-order valence-electron chi connectivity index (χ1n) is 5.68. The summed E-state index contributed by atoms with van der Waals surface area (Å²) in [5, 5.41) is 9.51. The molecule has 1 aliphatic carbocycles. The molecule has 0 saturated heterocycles. The Morgan fingerprint density at radius 3 is 2.14 bits per heavy atom. The number of nitrogens with two attached hydrogens (primary N) is 1. The first-order valence-corrected chi connectivity index (χ1v) is 5.68. The molecule has 0 spiro atoms. The number of aliphatic hydroxyl groups is 1. The highest BCUT2D eigenvalue weighted by atomic mass is 16.3. The number of aliphatic hydroxyl groups excluding tert-OH is 1. The second-order valence-corrected chi connectivity index (χ2v) is 4.72. The maximum absolute atomic E-state index is 9.51. The maximum atomic E-state index is 9.51.